The standard InChI is InChI=1S/C17H22F3N3O2/c1-21-16(23-13-10-11-6-7-15(13)25-11)22-8-9-24-14-5-3-2-4-12(14)17(18,19)20/h2-5,11,13,15H,6-10H2,1H3,(H2,21,22,23). The second-order valence-corrected chi connectivity index (χ2v) is 6.20. The van der Waals surface area contributed by atoms with Gasteiger partial charge in [-0.15, -0.1) is 0 Å². The normalized spacial score (nSPS) is 25.9. The monoisotopic (exact) mass is 357 g/mol. The fourth-order valence-corrected chi connectivity index (χ4v) is 3.32. The molecule has 0 radical (unpaired) electrons. The summed E-state index contributed by atoms with van der Waals surface area (Å²) in [7, 11) is 1.66. The van der Waals surface area contributed by atoms with E-state index in [1.54, 1.807) is 7.05 Å². The summed E-state index contributed by atoms with van der Waals surface area (Å²) in [5.41, 5.74) is -0.767. The van der Waals surface area contributed by atoms with Crippen molar-refractivity contribution in [2.24, 2.45) is 4.99 Å². The molecule has 2 aliphatic rings. The number of halogens is 3. The first-order valence-electron chi connectivity index (χ1n) is 8.39. The van der Waals surface area contributed by atoms with Gasteiger partial charge in [0.15, 0.2) is 5.96 Å². The molecule has 0 saturated carbocycles. The van der Waals surface area contributed by atoms with Crippen LogP contribution in [0.2, 0.25) is 0 Å². The van der Waals surface area contributed by atoms with Crippen molar-refractivity contribution in [1.29, 1.82) is 0 Å². The summed E-state index contributed by atoms with van der Waals surface area (Å²) in [6.45, 7) is 0.439. The van der Waals surface area contributed by atoms with Crippen molar-refractivity contribution in [2.45, 2.75) is 43.7 Å². The van der Waals surface area contributed by atoms with E-state index in [1.165, 1.54) is 18.2 Å². The first-order valence-corrected chi connectivity index (χ1v) is 8.39. The van der Waals surface area contributed by atoms with E-state index in [9.17, 15) is 13.2 Å². The van der Waals surface area contributed by atoms with Crippen molar-refractivity contribution in [3.05, 3.63) is 29.8 Å². The quantitative estimate of drug-likeness (QED) is 0.483. The number of ether oxygens (including phenoxy) is 2. The highest BCUT2D eigenvalue weighted by molar-refractivity contribution is 5.80. The van der Waals surface area contributed by atoms with Crippen LogP contribution in [0.4, 0.5) is 13.2 Å². The molecule has 138 valence electrons. The molecule has 2 fully saturated rings. The number of rotatable bonds is 5. The first-order chi connectivity index (χ1) is 12.0. The Labute approximate surface area is 144 Å². The van der Waals surface area contributed by atoms with Crippen molar-refractivity contribution in [1.82, 2.24) is 10.6 Å². The lowest BCUT2D eigenvalue weighted by Crippen LogP contribution is -2.48. The Morgan fingerprint density at radius 1 is 1.32 bits per heavy atom. The van der Waals surface area contributed by atoms with E-state index in [0.717, 1.165) is 25.3 Å². The summed E-state index contributed by atoms with van der Waals surface area (Å²) < 4.78 is 49.8. The van der Waals surface area contributed by atoms with Crippen LogP contribution in [0.25, 0.3) is 0 Å². The third kappa shape index (κ3) is 4.36. The van der Waals surface area contributed by atoms with Crippen molar-refractivity contribution in [2.75, 3.05) is 20.2 Å². The van der Waals surface area contributed by atoms with E-state index in [4.69, 9.17) is 9.47 Å². The highest BCUT2D eigenvalue weighted by atomic mass is 19.4. The van der Waals surface area contributed by atoms with E-state index in [-0.39, 0.29) is 24.5 Å². The molecule has 0 amide bonds. The van der Waals surface area contributed by atoms with Gasteiger partial charge >= 0.3 is 6.18 Å². The van der Waals surface area contributed by atoms with Crippen LogP contribution in [-0.4, -0.2) is 44.4 Å². The molecule has 2 heterocycles. The molecule has 0 aliphatic carbocycles. The number of hydrogen-bond acceptors (Lipinski definition) is 3. The molecule has 2 N–H and O–H groups in total. The van der Waals surface area contributed by atoms with E-state index in [2.05, 4.69) is 15.6 Å². The van der Waals surface area contributed by atoms with Gasteiger partial charge in [-0.3, -0.25) is 4.99 Å². The van der Waals surface area contributed by atoms with Gasteiger partial charge in [-0.25, -0.2) is 0 Å². The van der Waals surface area contributed by atoms with E-state index in [1.807, 2.05) is 0 Å². The highest BCUT2D eigenvalue weighted by Gasteiger charge is 2.41. The zero-order valence-corrected chi connectivity index (χ0v) is 14.0. The van der Waals surface area contributed by atoms with Gasteiger partial charge in [0.1, 0.15) is 12.4 Å². The molecule has 0 spiro atoms. The Bertz CT molecular complexity index is 621. The van der Waals surface area contributed by atoms with Gasteiger partial charge in [0.25, 0.3) is 0 Å². The first kappa shape index (κ1) is 17.8. The number of hydrogen-bond donors (Lipinski definition) is 2. The fraction of sp³-hybridized carbons (Fsp3) is 0.588. The molecule has 3 rings (SSSR count). The van der Waals surface area contributed by atoms with Gasteiger partial charge < -0.3 is 20.1 Å². The van der Waals surface area contributed by atoms with E-state index >= 15 is 0 Å². The van der Waals surface area contributed by atoms with Crippen LogP contribution in [0.3, 0.4) is 0 Å². The molecule has 8 heteroatoms. The van der Waals surface area contributed by atoms with Gasteiger partial charge in [0, 0.05) is 7.05 Å². The third-order valence-electron chi connectivity index (χ3n) is 4.50. The molecule has 3 unspecified atom stereocenters. The Morgan fingerprint density at radius 3 is 2.76 bits per heavy atom. The van der Waals surface area contributed by atoms with E-state index in [0.29, 0.717) is 18.6 Å². The third-order valence-corrected chi connectivity index (χ3v) is 4.50. The van der Waals surface area contributed by atoms with Gasteiger partial charge in [0.2, 0.25) is 0 Å². The predicted molar refractivity (Wildman–Crippen MR) is 87.7 cm³/mol. The Kier molecular flexibility index (Phi) is 5.36. The lowest BCUT2D eigenvalue weighted by Gasteiger charge is -2.22. The Morgan fingerprint density at radius 2 is 2.12 bits per heavy atom. The molecule has 2 bridgehead atoms. The average molecular weight is 357 g/mol. The molecule has 3 atom stereocenters. The second kappa shape index (κ2) is 7.51. The summed E-state index contributed by atoms with van der Waals surface area (Å²) in [4.78, 5) is 4.14. The topological polar surface area (TPSA) is 54.9 Å². The second-order valence-electron chi connectivity index (χ2n) is 6.20. The highest BCUT2D eigenvalue weighted by Crippen LogP contribution is 2.36. The van der Waals surface area contributed by atoms with Crippen LogP contribution in [0.5, 0.6) is 5.75 Å². The Hall–Kier alpha value is -1.96. The zero-order valence-electron chi connectivity index (χ0n) is 14.0. The number of guanidine groups is 1. The molecular formula is C17H22F3N3O2. The summed E-state index contributed by atoms with van der Waals surface area (Å²) in [6.07, 6.45) is -0.747. The smallest absolute Gasteiger partial charge is 0.419 e. The molecular weight excluding hydrogens is 335 g/mol. The number of aliphatic imine (C=N–C) groups is 1. The number of alkyl halides is 3. The van der Waals surface area contributed by atoms with Crippen LogP contribution < -0.4 is 15.4 Å². The van der Waals surface area contributed by atoms with Crippen molar-refractivity contribution >= 4 is 5.96 Å². The van der Waals surface area contributed by atoms with Gasteiger partial charge in [0.05, 0.1) is 30.4 Å². The maximum absolute atomic E-state index is 12.9. The maximum atomic E-state index is 12.9. The van der Waals surface area contributed by atoms with Crippen LogP contribution in [0, 0.1) is 0 Å². The minimum Gasteiger partial charge on any atom is -0.491 e. The number of para-hydroxylation sites is 1. The molecule has 5 nitrogen and oxygen atoms in total. The number of benzene rings is 1. The average Bonchev–Trinajstić information content (AvgIpc) is 3.20. The van der Waals surface area contributed by atoms with Gasteiger partial charge in [-0.05, 0) is 31.4 Å². The lowest BCUT2D eigenvalue weighted by atomic mass is 9.96. The fourth-order valence-electron chi connectivity index (χ4n) is 3.32. The molecule has 0 aromatic heterocycles. The molecule has 1 aromatic rings. The molecule has 1 aromatic carbocycles. The summed E-state index contributed by atoms with van der Waals surface area (Å²) in [6, 6.07) is 5.43. The van der Waals surface area contributed by atoms with Crippen LogP contribution in [0.15, 0.2) is 29.3 Å². The minimum atomic E-state index is -4.43. The van der Waals surface area contributed by atoms with Crippen molar-refractivity contribution < 1.29 is 22.6 Å². The number of nitrogens with zero attached hydrogens (tertiary/aromatic N) is 1. The van der Waals surface area contributed by atoms with E-state index < -0.39 is 11.7 Å². The molecule has 2 aliphatic heterocycles. The number of nitrogens with one attached hydrogen (secondary N) is 2. The van der Waals surface area contributed by atoms with Crippen LogP contribution >= 0.6 is 0 Å². The largest absolute Gasteiger partial charge is 0.491 e. The summed E-state index contributed by atoms with van der Waals surface area (Å²) >= 11 is 0. The minimum absolute atomic E-state index is 0.0982. The van der Waals surface area contributed by atoms with Crippen molar-refractivity contribution in [3.63, 3.8) is 0 Å². The van der Waals surface area contributed by atoms with Crippen molar-refractivity contribution in [3.8, 4) is 5.75 Å². The van der Waals surface area contributed by atoms with Crippen LogP contribution in [-0.2, 0) is 10.9 Å². The number of fused-ring (bicyclic) bond motifs is 2. The Balaban J connectivity index is 1.45. The van der Waals surface area contributed by atoms with Crippen LogP contribution in [0.1, 0.15) is 24.8 Å². The SMILES string of the molecule is CN=C(NCCOc1ccccc1C(F)(F)F)NC1CC2CCC1O2. The molecule has 2 saturated heterocycles. The molecule has 25 heavy (non-hydrogen) atoms. The summed E-state index contributed by atoms with van der Waals surface area (Å²) in [5.74, 6) is 0.440. The zero-order chi connectivity index (χ0) is 17.9. The summed E-state index contributed by atoms with van der Waals surface area (Å²) in [5, 5.41) is 6.37. The maximum Gasteiger partial charge on any atom is 0.419 e. The lowest BCUT2D eigenvalue weighted by molar-refractivity contribution is -0.138. The van der Waals surface area contributed by atoms with Gasteiger partial charge in [-0.1, -0.05) is 12.1 Å². The predicted octanol–water partition coefficient (Wildman–Crippen LogP) is 2.57. The van der Waals surface area contributed by atoms with Gasteiger partial charge in [-0.2, -0.15) is 13.2 Å².